The van der Waals surface area contributed by atoms with Crippen molar-refractivity contribution in [3.63, 3.8) is 0 Å². The van der Waals surface area contributed by atoms with Gasteiger partial charge in [0.15, 0.2) is 0 Å². The zero-order chi connectivity index (χ0) is 15.1. The monoisotopic (exact) mass is 304 g/mol. The summed E-state index contributed by atoms with van der Waals surface area (Å²) >= 11 is 0.216. The molecule has 3 nitrogen and oxygen atoms in total. The molecule has 1 unspecified atom stereocenters. The minimum absolute atomic E-state index is 0.329. The minimum atomic E-state index is -0.684. The van der Waals surface area contributed by atoms with Crippen LogP contribution in [0, 0.1) is 5.92 Å². The first-order valence-corrected chi connectivity index (χ1v) is 9.67. The summed E-state index contributed by atoms with van der Waals surface area (Å²) < 4.78 is 15.8. The maximum absolute atomic E-state index is 5.27. The molecule has 0 bridgehead atoms. The van der Waals surface area contributed by atoms with Crippen LogP contribution in [0.25, 0.3) is 0 Å². The molecule has 0 aromatic rings. The Morgan fingerprint density at radius 3 is 1.84 bits per heavy atom. The molecule has 0 fully saturated rings. The topological polar surface area (TPSA) is 27.7 Å². The molecule has 0 N–H and O–H groups in total. The molecule has 0 rings (SSSR count). The van der Waals surface area contributed by atoms with E-state index >= 15 is 0 Å². The number of hydrogen-bond donors (Lipinski definition) is 0. The molecule has 0 aliphatic carbocycles. The van der Waals surface area contributed by atoms with E-state index in [1.807, 2.05) is 27.7 Å². The number of rotatable bonds is 10. The van der Waals surface area contributed by atoms with Gasteiger partial charge in [-0.3, -0.25) is 0 Å². The van der Waals surface area contributed by atoms with E-state index in [1.165, 1.54) is 25.7 Å². The van der Waals surface area contributed by atoms with Crippen molar-refractivity contribution in [1.29, 1.82) is 0 Å². The lowest BCUT2D eigenvalue weighted by Crippen LogP contribution is -2.14. The second kappa shape index (κ2) is 17.0. The first kappa shape index (κ1) is 22.2. The minimum Gasteiger partial charge on any atom is -0.506 e. The van der Waals surface area contributed by atoms with Crippen LogP contribution >= 0.6 is 0 Å². The van der Waals surface area contributed by atoms with Crippen LogP contribution in [0.15, 0.2) is 0 Å². The Kier molecular flexibility index (Phi) is 19.9. The molecule has 0 radical (unpaired) electrons. The fourth-order valence-electron chi connectivity index (χ4n) is 1.45. The summed E-state index contributed by atoms with van der Waals surface area (Å²) in [6.07, 6.45) is 5.98. The molecule has 0 aliphatic heterocycles. The molecule has 114 valence electrons. The van der Waals surface area contributed by atoms with Gasteiger partial charge in [-0.1, -0.05) is 33.1 Å². The van der Waals surface area contributed by atoms with Crippen molar-refractivity contribution in [2.75, 3.05) is 6.61 Å². The zero-order valence-electron chi connectivity index (χ0n) is 14.2. The van der Waals surface area contributed by atoms with Crippen molar-refractivity contribution < 1.29 is 11.4 Å². The van der Waals surface area contributed by atoms with Crippen LogP contribution in [0.3, 0.4) is 0 Å². The SMILES string of the molecule is CC(C)[O][AlH][O]C(C)C.CCCCC(CC)C[O][AlH2]. The average molecular weight is 304 g/mol. The van der Waals surface area contributed by atoms with Gasteiger partial charge in [-0.15, -0.1) is 0 Å². The third-order valence-corrected chi connectivity index (χ3v) is 4.69. The highest BCUT2D eigenvalue weighted by atomic mass is 27.2. The molecule has 19 heavy (non-hydrogen) atoms. The predicted octanol–water partition coefficient (Wildman–Crippen LogP) is 2.87. The van der Waals surface area contributed by atoms with Crippen LogP contribution in [0.1, 0.15) is 67.2 Å². The fourth-order valence-corrected chi connectivity index (χ4v) is 2.54. The Labute approximate surface area is 135 Å². The van der Waals surface area contributed by atoms with Gasteiger partial charge in [-0.25, -0.2) is 0 Å². The van der Waals surface area contributed by atoms with E-state index in [9.17, 15) is 0 Å². The first-order chi connectivity index (χ1) is 8.97. The molecule has 0 heterocycles. The van der Waals surface area contributed by atoms with Crippen molar-refractivity contribution >= 4 is 32.5 Å². The molecule has 0 aromatic carbocycles. The van der Waals surface area contributed by atoms with Gasteiger partial charge in [0.2, 0.25) is 0 Å². The Morgan fingerprint density at radius 1 is 1.00 bits per heavy atom. The first-order valence-electron chi connectivity index (χ1n) is 7.69. The Morgan fingerprint density at radius 2 is 1.53 bits per heavy atom. The molecule has 0 saturated heterocycles. The van der Waals surface area contributed by atoms with Crippen LogP contribution in [-0.4, -0.2) is 51.3 Å². The highest BCUT2D eigenvalue weighted by Crippen LogP contribution is 2.11. The normalized spacial score (nSPS) is 12.2. The molecule has 0 aromatic heterocycles. The van der Waals surface area contributed by atoms with Crippen molar-refractivity contribution in [3.05, 3.63) is 0 Å². The van der Waals surface area contributed by atoms with Crippen LogP contribution in [0.2, 0.25) is 0 Å². The quantitative estimate of drug-likeness (QED) is 0.581. The zero-order valence-corrected chi connectivity index (χ0v) is 17.6. The van der Waals surface area contributed by atoms with E-state index in [1.54, 1.807) is 0 Å². The lowest BCUT2D eigenvalue weighted by atomic mass is 10.0. The van der Waals surface area contributed by atoms with E-state index in [0.29, 0.717) is 12.2 Å². The lowest BCUT2D eigenvalue weighted by Gasteiger charge is -2.13. The van der Waals surface area contributed by atoms with Crippen molar-refractivity contribution in [1.82, 2.24) is 0 Å². The van der Waals surface area contributed by atoms with Crippen molar-refractivity contribution in [3.8, 4) is 0 Å². The smallest absolute Gasteiger partial charge is 0.506 e. The Balaban J connectivity index is 0. The Hall–Kier alpha value is 0.945. The van der Waals surface area contributed by atoms with Gasteiger partial charge in [0.25, 0.3) is 0 Å². The third-order valence-electron chi connectivity index (χ3n) is 2.75. The van der Waals surface area contributed by atoms with E-state index in [0.717, 1.165) is 29.1 Å². The van der Waals surface area contributed by atoms with Gasteiger partial charge in [-0.2, -0.15) is 0 Å². The highest BCUT2D eigenvalue weighted by molar-refractivity contribution is 6.18. The van der Waals surface area contributed by atoms with E-state index in [2.05, 4.69) is 13.8 Å². The summed E-state index contributed by atoms with van der Waals surface area (Å²) in [6, 6.07) is 0. The van der Waals surface area contributed by atoms with Gasteiger partial charge in [0.05, 0.1) is 0 Å². The second-order valence-corrected chi connectivity index (χ2v) is 6.90. The molecular weight excluding hydrogens is 270 g/mol. The average Bonchev–Trinajstić information content (AvgIpc) is 2.34. The molecule has 0 aliphatic rings. The third kappa shape index (κ3) is 21.4. The van der Waals surface area contributed by atoms with Gasteiger partial charge in [0, 0.05) is 18.8 Å². The second-order valence-electron chi connectivity index (χ2n) is 5.42. The number of unbranched alkanes of at least 4 members (excludes halogenated alkanes) is 1. The van der Waals surface area contributed by atoms with E-state index in [-0.39, 0.29) is 0 Å². The summed E-state index contributed by atoms with van der Waals surface area (Å²) in [5.41, 5.74) is 0. The van der Waals surface area contributed by atoms with Crippen LogP contribution < -0.4 is 0 Å². The van der Waals surface area contributed by atoms with Crippen molar-refractivity contribution in [2.24, 2.45) is 5.92 Å². The van der Waals surface area contributed by atoms with Gasteiger partial charge < -0.3 is 11.4 Å². The standard InChI is InChI=1S/C8H17O.2C3H7O.2Al.3H/c1-3-5-6-8(4-2)7-9;2*1-3(2)4;;;;;/h8H,3-7H2,1-2H3;2*3H,1-2H3;;;;;/q3*-1;+1;+2;;;. The number of hydrogen-bond acceptors (Lipinski definition) is 3. The summed E-state index contributed by atoms with van der Waals surface area (Å²) in [7, 11) is 0. The molecule has 0 spiro atoms. The molecule has 1 atom stereocenters. The van der Waals surface area contributed by atoms with Gasteiger partial charge in [0.1, 0.15) is 0 Å². The van der Waals surface area contributed by atoms with E-state index < -0.39 is 15.9 Å². The summed E-state index contributed by atoms with van der Waals surface area (Å²) in [6.45, 7) is 13.6. The lowest BCUT2D eigenvalue weighted by molar-refractivity contribution is 0.152. The summed E-state index contributed by atoms with van der Waals surface area (Å²) in [5, 5.41) is 0. The van der Waals surface area contributed by atoms with Crippen LogP contribution in [0.4, 0.5) is 0 Å². The molecular formula is C14H34Al2O3. The molecule has 5 heteroatoms. The van der Waals surface area contributed by atoms with Gasteiger partial charge in [-0.05, 0) is 40.0 Å². The molecule has 0 amide bonds. The predicted molar refractivity (Wildman–Crippen MR) is 87.4 cm³/mol. The fraction of sp³-hybridized carbons (Fsp3) is 1.00. The Bertz CT molecular complexity index is 159. The summed E-state index contributed by atoms with van der Waals surface area (Å²) in [5.74, 6) is 0.831. The highest BCUT2D eigenvalue weighted by Gasteiger charge is 2.02. The van der Waals surface area contributed by atoms with Gasteiger partial charge >= 0.3 is 32.5 Å². The maximum atomic E-state index is 5.27. The van der Waals surface area contributed by atoms with Crippen LogP contribution in [-0.2, 0) is 11.4 Å². The maximum Gasteiger partial charge on any atom is 0.650 e. The summed E-state index contributed by atoms with van der Waals surface area (Å²) in [4.78, 5) is 0. The van der Waals surface area contributed by atoms with Crippen molar-refractivity contribution in [2.45, 2.75) is 79.4 Å². The molecule has 0 saturated carbocycles. The largest absolute Gasteiger partial charge is 0.650 e. The van der Waals surface area contributed by atoms with E-state index in [4.69, 9.17) is 11.4 Å². The van der Waals surface area contributed by atoms with Crippen LogP contribution in [0.5, 0.6) is 0 Å².